The average Bonchev–Trinajstić information content (AvgIpc) is 2.41. The second-order valence-corrected chi connectivity index (χ2v) is 5.38. The number of hydrogen-bond donors (Lipinski definition) is 2. The minimum atomic E-state index is -0.424. The maximum absolute atomic E-state index is 13.3. The summed E-state index contributed by atoms with van der Waals surface area (Å²) in [6.07, 6.45) is 1.32. The van der Waals surface area contributed by atoms with Crippen LogP contribution in [0.25, 0.3) is 0 Å². The number of benzene rings is 1. The fraction of sp³-hybridized carbons (Fsp3) is 0.533. The van der Waals surface area contributed by atoms with Crippen LogP contribution < -0.4 is 10.6 Å². The highest BCUT2D eigenvalue weighted by Crippen LogP contribution is 2.19. The lowest BCUT2D eigenvalue weighted by Gasteiger charge is -2.15. The highest BCUT2D eigenvalue weighted by atomic mass is 35.5. The van der Waals surface area contributed by atoms with Crippen molar-refractivity contribution in [3.63, 3.8) is 0 Å². The summed E-state index contributed by atoms with van der Waals surface area (Å²) in [6.45, 7) is 6.48. The van der Waals surface area contributed by atoms with Crippen molar-refractivity contribution in [1.82, 2.24) is 10.6 Å². The van der Waals surface area contributed by atoms with Gasteiger partial charge in [0.05, 0.1) is 5.02 Å². The van der Waals surface area contributed by atoms with E-state index in [-0.39, 0.29) is 23.0 Å². The Morgan fingerprint density at radius 2 is 2.10 bits per heavy atom. The minimum Gasteiger partial charge on any atom is -0.354 e. The molecule has 0 fully saturated rings. The summed E-state index contributed by atoms with van der Waals surface area (Å²) in [4.78, 5) is 11.6. The van der Waals surface area contributed by atoms with E-state index in [0.717, 1.165) is 12.0 Å². The third-order valence-electron chi connectivity index (χ3n) is 3.27. The third-order valence-corrected chi connectivity index (χ3v) is 3.57. The Labute approximate surface area is 124 Å². The Hall–Kier alpha value is -1.13. The summed E-state index contributed by atoms with van der Waals surface area (Å²) in [5.41, 5.74) is 0.814. The first kappa shape index (κ1) is 16.9. The molecule has 20 heavy (non-hydrogen) atoms. The van der Waals surface area contributed by atoms with Crippen molar-refractivity contribution in [2.75, 3.05) is 6.54 Å². The van der Waals surface area contributed by atoms with Gasteiger partial charge in [-0.3, -0.25) is 4.79 Å². The second kappa shape index (κ2) is 8.22. The van der Waals surface area contributed by atoms with Crippen LogP contribution >= 0.6 is 11.6 Å². The van der Waals surface area contributed by atoms with Gasteiger partial charge < -0.3 is 10.6 Å². The first-order valence-electron chi connectivity index (χ1n) is 6.91. The predicted molar refractivity (Wildman–Crippen MR) is 80.3 cm³/mol. The maximum Gasteiger partial charge on any atom is 0.221 e. The molecule has 0 aromatic heterocycles. The van der Waals surface area contributed by atoms with Gasteiger partial charge in [0.25, 0.3) is 0 Å². The highest BCUT2D eigenvalue weighted by molar-refractivity contribution is 6.30. The molecular formula is C15H22ClFN2O. The van der Waals surface area contributed by atoms with Gasteiger partial charge in [-0.15, -0.1) is 0 Å². The topological polar surface area (TPSA) is 41.1 Å². The van der Waals surface area contributed by atoms with Crippen molar-refractivity contribution >= 4 is 17.5 Å². The molecule has 0 saturated heterocycles. The molecule has 2 unspecified atom stereocenters. The van der Waals surface area contributed by atoms with Crippen molar-refractivity contribution in [1.29, 1.82) is 0 Å². The van der Waals surface area contributed by atoms with Crippen LogP contribution in [0, 0.1) is 5.82 Å². The minimum absolute atomic E-state index is 0.0290. The van der Waals surface area contributed by atoms with Crippen molar-refractivity contribution in [3.8, 4) is 0 Å². The fourth-order valence-corrected chi connectivity index (χ4v) is 1.87. The van der Waals surface area contributed by atoms with E-state index in [4.69, 9.17) is 11.6 Å². The average molecular weight is 301 g/mol. The van der Waals surface area contributed by atoms with E-state index in [0.29, 0.717) is 13.0 Å². The van der Waals surface area contributed by atoms with Crippen LogP contribution in [-0.2, 0) is 4.79 Å². The summed E-state index contributed by atoms with van der Waals surface area (Å²) in [5.74, 6) is -0.395. The van der Waals surface area contributed by atoms with Crippen molar-refractivity contribution in [3.05, 3.63) is 34.6 Å². The Balaban J connectivity index is 2.38. The Bertz CT molecular complexity index is 453. The largest absolute Gasteiger partial charge is 0.354 e. The first-order valence-corrected chi connectivity index (χ1v) is 7.29. The van der Waals surface area contributed by atoms with E-state index in [9.17, 15) is 9.18 Å². The van der Waals surface area contributed by atoms with E-state index in [1.54, 1.807) is 12.1 Å². The molecule has 1 aromatic rings. The lowest BCUT2D eigenvalue weighted by Crippen LogP contribution is -2.34. The molecule has 0 bridgehead atoms. The summed E-state index contributed by atoms with van der Waals surface area (Å²) in [6, 6.07) is 4.91. The molecule has 0 aliphatic heterocycles. The Kier molecular flexibility index (Phi) is 6.96. The second-order valence-electron chi connectivity index (χ2n) is 4.98. The SMILES string of the molecule is CCC(C)NC(=O)CCNC(C)c1ccc(Cl)c(F)c1. The highest BCUT2D eigenvalue weighted by Gasteiger charge is 2.09. The lowest BCUT2D eigenvalue weighted by molar-refractivity contribution is -0.121. The number of halogens is 2. The molecule has 0 heterocycles. The first-order chi connectivity index (χ1) is 9.43. The molecule has 1 aromatic carbocycles. The van der Waals surface area contributed by atoms with Gasteiger partial charge in [0.15, 0.2) is 0 Å². The number of rotatable bonds is 7. The van der Waals surface area contributed by atoms with Gasteiger partial charge in [-0.05, 0) is 38.0 Å². The van der Waals surface area contributed by atoms with Crippen molar-refractivity contribution in [2.24, 2.45) is 0 Å². The number of nitrogens with one attached hydrogen (secondary N) is 2. The summed E-state index contributed by atoms with van der Waals surface area (Å²) >= 11 is 5.65. The quantitative estimate of drug-likeness (QED) is 0.810. The number of hydrogen-bond acceptors (Lipinski definition) is 2. The molecular weight excluding hydrogens is 279 g/mol. The molecule has 0 aliphatic rings. The van der Waals surface area contributed by atoms with E-state index in [2.05, 4.69) is 10.6 Å². The van der Waals surface area contributed by atoms with Gasteiger partial charge in [0, 0.05) is 25.0 Å². The molecule has 0 aliphatic carbocycles. The van der Waals surface area contributed by atoms with Crippen LogP contribution in [0.3, 0.4) is 0 Å². The molecule has 2 atom stereocenters. The lowest BCUT2D eigenvalue weighted by atomic mass is 10.1. The molecule has 0 saturated carbocycles. The number of amides is 1. The van der Waals surface area contributed by atoms with Crippen LogP contribution in [-0.4, -0.2) is 18.5 Å². The van der Waals surface area contributed by atoms with Crippen LogP contribution in [0.1, 0.15) is 45.2 Å². The van der Waals surface area contributed by atoms with Gasteiger partial charge in [0.2, 0.25) is 5.91 Å². The van der Waals surface area contributed by atoms with E-state index < -0.39 is 5.82 Å². The van der Waals surface area contributed by atoms with E-state index >= 15 is 0 Å². The van der Waals surface area contributed by atoms with Crippen LogP contribution in [0.2, 0.25) is 5.02 Å². The normalized spacial score (nSPS) is 13.8. The van der Waals surface area contributed by atoms with Gasteiger partial charge >= 0.3 is 0 Å². The zero-order valence-electron chi connectivity index (χ0n) is 12.2. The molecule has 3 nitrogen and oxygen atoms in total. The fourth-order valence-electron chi connectivity index (χ4n) is 1.75. The van der Waals surface area contributed by atoms with E-state index in [1.165, 1.54) is 6.07 Å². The van der Waals surface area contributed by atoms with Gasteiger partial charge in [-0.25, -0.2) is 4.39 Å². The molecule has 1 amide bonds. The zero-order valence-corrected chi connectivity index (χ0v) is 12.9. The summed E-state index contributed by atoms with van der Waals surface area (Å²) in [7, 11) is 0. The predicted octanol–water partition coefficient (Wildman–Crippen LogP) is 3.43. The molecule has 112 valence electrons. The van der Waals surface area contributed by atoms with Crippen molar-refractivity contribution in [2.45, 2.75) is 45.7 Å². The van der Waals surface area contributed by atoms with Crippen LogP contribution in [0.15, 0.2) is 18.2 Å². The van der Waals surface area contributed by atoms with Crippen molar-refractivity contribution < 1.29 is 9.18 Å². The Morgan fingerprint density at radius 1 is 1.40 bits per heavy atom. The standard InChI is InChI=1S/C15H22ClFN2O/c1-4-10(2)19-15(20)7-8-18-11(3)12-5-6-13(16)14(17)9-12/h5-6,9-11,18H,4,7-8H2,1-3H3,(H,19,20). The molecule has 5 heteroatoms. The maximum atomic E-state index is 13.3. The van der Waals surface area contributed by atoms with Gasteiger partial charge in [0.1, 0.15) is 5.82 Å². The third kappa shape index (κ3) is 5.47. The monoisotopic (exact) mass is 300 g/mol. The Morgan fingerprint density at radius 3 is 2.70 bits per heavy atom. The number of carbonyl (C=O) groups is 1. The number of carbonyl (C=O) groups excluding carboxylic acids is 1. The molecule has 2 N–H and O–H groups in total. The van der Waals surface area contributed by atoms with E-state index in [1.807, 2.05) is 20.8 Å². The smallest absolute Gasteiger partial charge is 0.221 e. The van der Waals surface area contributed by atoms with Crippen LogP contribution in [0.4, 0.5) is 4.39 Å². The zero-order chi connectivity index (χ0) is 15.1. The van der Waals surface area contributed by atoms with Crippen LogP contribution in [0.5, 0.6) is 0 Å². The van der Waals surface area contributed by atoms with Gasteiger partial charge in [-0.2, -0.15) is 0 Å². The summed E-state index contributed by atoms with van der Waals surface area (Å²) in [5, 5.41) is 6.22. The summed E-state index contributed by atoms with van der Waals surface area (Å²) < 4.78 is 13.3. The molecule has 1 rings (SSSR count). The molecule has 0 spiro atoms. The molecule has 0 radical (unpaired) electrons. The van der Waals surface area contributed by atoms with Gasteiger partial charge in [-0.1, -0.05) is 24.6 Å².